The lowest BCUT2D eigenvalue weighted by Gasteiger charge is -2.06. The Morgan fingerprint density at radius 2 is 2.10 bits per heavy atom. The molecule has 6 nitrogen and oxygen atoms in total. The van der Waals surface area contributed by atoms with E-state index >= 15 is 0 Å². The number of benzene rings is 2. The summed E-state index contributed by atoms with van der Waals surface area (Å²) < 4.78 is 20.4. The number of ether oxygens (including phenoxy) is 1. The first-order valence-electron chi connectivity index (χ1n) is 8.32. The lowest BCUT2D eigenvalue weighted by Crippen LogP contribution is -2.11. The highest BCUT2D eigenvalue weighted by Gasteiger charge is 2.27. The molecule has 3 aromatic rings. The Kier molecular flexibility index (Phi) is 4.77. The highest BCUT2D eigenvalue weighted by molar-refractivity contribution is 7.73. The van der Waals surface area contributed by atoms with E-state index in [4.69, 9.17) is 17.0 Å². The second-order valence-electron chi connectivity index (χ2n) is 6.08. The van der Waals surface area contributed by atoms with Gasteiger partial charge in [-0.1, -0.05) is 6.07 Å². The van der Waals surface area contributed by atoms with Crippen molar-refractivity contribution in [2.45, 2.75) is 0 Å². The number of carboxylic acid groups (broad SMARTS) is 1. The van der Waals surface area contributed by atoms with E-state index < -0.39 is 11.8 Å². The van der Waals surface area contributed by atoms with Gasteiger partial charge in [0.25, 0.3) is 0 Å². The lowest BCUT2D eigenvalue weighted by atomic mass is 10.0. The number of hydrogen-bond acceptors (Lipinski definition) is 6. The first-order valence-corrected chi connectivity index (χ1v) is 9.54. The van der Waals surface area contributed by atoms with Gasteiger partial charge in [0.05, 0.1) is 23.4 Å². The molecule has 146 valence electrons. The van der Waals surface area contributed by atoms with Gasteiger partial charge in [0, 0.05) is 17.2 Å². The Labute approximate surface area is 173 Å². The van der Waals surface area contributed by atoms with Crippen LogP contribution in [0, 0.1) is 9.77 Å². The molecule has 0 fully saturated rings. The molecule has 2 N–H and O–H groups in total. The number of aliphatic imine (C=N–C) groups is 1. The Hall–Kier alpha value is -3.30. The fraction of sp³-hybridized carbons (Fsp3) is 0.0500. The standard InChI is InChI=1S/C20H13FN2O4S2/c1-27-12-5-6-13-14(17(19(25)26)22-15(13)8-12)9-16-18(24)23(20(28)29-16)11-4-2-3-10(21)7-11/h2-9,24H,1H3,(H,25,26)/b14-9+. The molecule has 0 spiro atoms. The van der Waals surface area contributed by atoms with E-state index in [1.165, 1.54) is 36.0 Å². The molecule has 0 saturated heterocycles. The molecule has 0 radical (unpaired) electrons. The van der Waals surface area contributed by atoms with E-state index in [1.54, 1.807) is 24.3 Å². The number of carboxylic acids is 1. The van der Waals surface area contributed by atoms with Gasteiger partial charge in [0.15, 0.2) is 9.67 Å². The molecule has 29 heavy (non-hydrogen) atoms. The SMILES string of the molecule is COc1ccc2c(c1)N=C(C(=O)O)/C2=C/c1sc(=S)n(-c2cccc(F)c2)c1O. The first-order chi connectivity index (χ1) is 13.9. The second-order valence-corrected chi connectivity index (χ2v) is 7.75. The lowest BCUT2D eigenvalue weighted by molar-refractivity contribution is -0.129. The van der Waals surface area contributed by atoms with Gasteiger partial charge < -0.3 is 14.9 Å². The van der Waals surface area contributed by atoms with Crippen molar-refractivity contribution in [3.8, 4) is 17.3 Å². The quantitative estimate of drug-likeness (QED) is 0.582. The summed E-state index contributed by atoms with van der Waals surface area (Å²) in [6.45, 7) is 0. The summed E-state index contributed by atoms with van der Waals surface area (Å²) in [6, 6.07) is 10.7. The van der Waals surface area contributed by atoms with Crippen LogP contribution in [0.15, 0.2) is 47.5 Å². The maximum Gasteiger partial charge on any atom is 0.355 e. The van der Waals surface area contributed by atoms with E-state index in [-0.39, 0.29) is 11.6 Å². The number of aliphatic carboxylic acids is 1. The molecule has 1 aliphatic rings. The average Bonchev–Trinajstić information content (AvgIpc) is 3.18. The van der Waals surface area contributed by atoms with E-state index in [9.17, 15) is 19.4 Å². The summed E-state index contributed by atoms with van der Waals surface area (Å²) in [5.74, 6) is -1.31. The maximum absolute atomic E-state index is 13.6. The third kappa shape index (κ3) is 3.34. The molecule has 0 aliphatic carbocycles. The van der Waals surface area contributed by atoms with Crippen LogP contribution in [0.4, 0.5) is 10.1 Å². The van der Waals surface area contributed by atoms with E-state index in [1.807, 2.05) is 0 Å². The van der Waals surface area contributed by atoms with E-state index in [2.05, 4.69) is 4.99 Å². The summed E-state index contributed by atoms with van der Waals surface area (Å²) in [7, 11) is 1.51. The van der Waals surface area contributed by atoms with Crippen molar-refractivity contribution in [3.05, 3.63) is 62.7 Å². The summed E-state index contributed by atoms with van der Waals surface area (Å²) in [5.41, 5.74) is 1.62. The summed E-state index contributed by atoms with van der Waals surface area (Å²) >= 11 is 6.41. The topological polar surface area (TPSA) is 84.0 Å². The number of methoxy groups -OCH3 is 1. The molecular formula is C20H13FN2O4S2. The number of fused-ring (bicyclic) bond motifs is 1. The molecule has 1 aromatic heterocycles. The molecule has 0 atom stereocenters. The highest BCUT2D eigenvalue weighted by atomic mass is 32.1. The average molecular weight is 428 g/mol. The minimum Gasteiger partial charge on any atom is -0.497 e. The van der Waals surface area contributed by atoms with Crippen LogP contribution in [0.25, 0.3) is 17.3 Å². The van der Waals surface area contributed by atoms with Gasteiger partial charge in [0.2, 0.25) is 5.88 Å². The van der Waals surface area contributed by atoms with Gasteiger partial charge >= 0.3 is 5.97 Å². The van der Waals surface area contributed by atoms with Crippen LogP contribution in [-0.2, 0) is 4.79 Å². The fourth-order valence-corrected chi connectivity index (χ4v) is 4.32. The third-order valence-electron chi connectivity index (χ3n) is 4.34. The van der Waals surface area contributed by atoms with Gasteiger partial charge in [-0.05, 0) is 48.6 Å². The van der Waals surface area contributed by atoms with Crippen LogP contribution in [0.3, 0.4) is 0 Å². The van der Waals surface area contributed by atoms with Gasteiger partial charge in [-0.25, -0.2) is 14.2 Å². The molecule has 2 aromatic carbocycles. The van der Waals surface area contributed by atoms with Crippen molar-refractivity contribution in [2.24, 2.45) is 4.99 Å². The molecule has 0 bridgehead atoms. The van der Waals surface area contributed by atoms with Crippen molar-refractivity contribution >= 4 is 52.6 Å². The van der Waals surface area contributed by atoms with Gasteiger partial charge in [-0.15, -0.1) is 11.3 Å². The van der Waals surface area contributed by atoms with Crippen LogP contribution in [0.1, 0.15) is 10.4 Å². The number of carbonyl (C=O) groups is 1. The van der Waals surface area contributed by atoms with E-state index in [0.717, 1.165) is 11.3 Å². The first kappa shape index (κ1) is 19.0. The third-order valence-corrected chi connectivity index (χ3v) is 5.65. The van der Waals surface area contributed by atoms with Crippen LogP contribution in [0.5, 0.6) is 11.6 Å². The zero-order valence-electron chi connectivity index (χ0n) is 14.9. The minimum absolute atomic E-state index is 0.149. The van der Waals surface area contributed by atoms with Gasteiger partial charge in [-0.3, -0.25) is 4.57 Å². The number of halogens is 1. The van der Waals surface area contributed by atoms with Crippen molar-refractivity contribution in [1.29, 1.82) is 0 Å². The molecule has 1 aliphatic heterocycles. The van der Waals surface area contributed by atoms with Gasteiger partial charge in [-0.2, -0.15) is 0 Å². The predicted octanol–water partition coefficient (Wildman–Crippen LogP) is 4.83. The molecule has 2 heterocycles. The van der Waals surface area contributed by atoms with Crippen molar-refractivity contribution < 1.29 is 24.1 Å². The smallest absolute Gasteiger partial charge is 0.355 e. The molecule has 4 rings (SSSR count). The Balaban J connectivity index is 1.87. The molecule has 0 unspecified atom stereocenters. The second kappa shape index (κ2) is 7.26. The Morgan fingerprint density at radius 3 is 2.79 bits per heavy atom. The monoisotopic (exact) mass is 428 g/mol. The largest absolute Gasteiger partial charge is 0.497 e. The summed E-state index contributed by atoms with van der Waals surface area (Å²) in [5, 5.41) is 20.3. The normalized spacial score (nSPS) is 14.0. The molecule has 0 saturated carbocycles. The summed E-state index contributed by atoms with van der Waals surface area (Å²) in [6.07, 6.45) is 1.52. The van der Waals surface area contributed by atoms with Gasteiger partial charge in [0.1, 0.15) is 11.6 Å². The van der Waals surface area contributed by atoms with E-state index in [0.29, 0.717) is 37.1 Å². The van der Waals surface area contributed by atoms with Crippen LogP contribution in [0.2, 0.25) is 0 Å². The number of hydrogen-bond donors (Lipinski definition) is 2. The van der Waals surface area contributed by atoms with Crippen LogP contribution < -0.4 is 4.74 Å². The fourth-order valence-electron chi connectivity index (χ4n) is 3.03. The summed E-state index contributed by atoms with van der Waals surface area (Å²) in [4.78, 5) is 16.2. The zero-order chi connectivity index (χ0) is 20.7. The molecule has 0 amide bonds. The number of thiazole rings is 1. The molecule has 9 heteroatoms. The Morgan fingerprint density at radius 1 is 1.31 bits per heavy atom. The van der Waals surface area contributed by atoms with Crippen LogP contribution >= 0.6 is 23.6 Å². The number of rotatable bonds is 4. The van der Waals surface area contributed by atoms with Crippen molar-refractivity contribution in [1.82, 2.24) is 4.57 Å². The number of aromatic nitrogens is 1. The van der Waals surface area contributed by atoms with Crippen molar-refractivity contribution in [2.75, 3.05) is 7.11 Å². The number of aromatic hydroxyl groups is 1. The molecular weight excluding hydrogens is 415 g/mol. The van der Waals surface area contributed by atoms with Crippen LogP contribution in [-0.4, -0.2) is 33.6 Å². The minimum atomic E-state index is -1.20. The van der Waals surface area contributed by atoms with Crippen molar-refractivity contribution in [3.63, 3.8) is 0 Å². The number of nitrogens with zero attached hydrogens (tertiary/aromatic N) is 2. The Bertz CT molecular complexity index is 1270. The zero-order valence-corrected chi connectivity index (χ0v) is 16.6. The highest BCUT2D eigenvalue weighted by Crippen LogP contribution is 2.40. The predicted molar refractivity (Wildman–Crippen MR) is 112 cm³/mol. The maximum atomic E-state index is 13.6.